The molecule has 5 heteroatoms. The molecule has 1 aliphatic rings. The predicted octanol–water partition coefficient (Wildman–Crippen LogP) is 2.64. The zero-order chi connectivity index (χ0) is 15.2. The number of rotatable bonds is 2. The van der Waals surface area contributed by atoms with Gasteiger partial charge in [0.2, 0.25) is 0 Å². The van der Waals surface area contributed by atoms with E-state index in [0.717, 1.165) is 0 Å². The summed E-state index contributed by atoms with van der Waals surface area (Å²) in [5.74, 6) is 0.484. The summed E-state index contributed by atoms with van der Waals surface area (Å²) < 4.78 is 5.31. The molecule has 1 aromatic rings. The Morgan fingerprint density at radius 1 is 1.10 bits per heavy atom. The molecule has 1 heterocycles. The van der Waals surface area contributed by atoms with Crippen LogP contribution in [-0.4, -0.2) is 0 Å². The summed E-state index contributed by atoms with van der Waals surface area (Å²) in [6.07, 6.45) is 7.99. The van der Waals surface area contributed by atoms with Crippen LogP contribution >= 0.6 is 0 Å². The van der Waals surface area contributed by atoms with Crippen molar-refractivity contribution in [1.82, 2.24) is 0 Å². The molecule has 0 fully saturated rings. The SMILES string of the molecule is N#CC(C#N)=C1C=COC(C=Cc2c(N)cccc2N)=C1. The van der Waals surface area contributed by atoms with E-state index in [4.69, 9.17) is 26.7 Å². The molecule has 0 aromatic heterocycles. The molecule has 1 aliphatic heterocycles. The van der Waals surface area contributed by atoms with Crippen molar-refractivity contribution in [3.8, 4) is 12.1 Å². The molecule has 2 rings (SSSR count). The van der Waals surface area contributed by atoms with Gasteiger partial charge in [0.15, 0.2) is 0 Å². The highest BCUT2D eigenvalue weighted by Crippen LogP contribution is 2.23. The Morgan fingerprint density at radius 3 is 2.38 bits per heavy atom. The number of ether oxygens (including phenoxy) is 1. The van der Waals surface area contributed by atoms with Gasteiger partial charge in [0, 0.05) is 22.5 Å². The lowest BCUT2D eigenvalue weighted by atomic mass is 10.1. The van der Waals surface area contributed by atoms with Gasteiger partial charge in [-0.15, -0.1) is 0 Å². The smallest absolute Gasteiger partial charge is 0.137 e. The van der Waals surface area contributed by atoms with Crippen molar-refractivity contribution < 1.29 is 4.74 Å². The zero-order valence-electron chi connectivity index (χ0n) is 11.1. The maximum Gasteiger partial charge on any atom is 0.137 e. The lowest BCUT2D eigenvalue weighted by molar-refractivity contribution is 0.364. The average molecular weight is 276 g/mol. The Morgan fingerprint density at radius 2 is 1.76 bits per heavy atom. The van der Waals surface area contributed by atoms with Gasteiger partial charge in [0.25, 0.3) is 0 Å². The summed E-state index contributed by atoms with van der Waals surface area (Å²) in [5, 5.41) is 17.7. The van der Waals surface area contributed by atoms with Crippen LogP contribution in [0.25, 0.3) is 6.08 Å². The van der Waals surface area contributed by atoms with Crippen molar-refractivity contribution in [2.45, 2.75) is 0 Å². The molecule has 0 radical (unpaired) electrons. The van der Waals surface area contributed by atoms with E-state index in [0.29, 0.717) is 28.3 Å². The van der Waals surface area contributed by atoms with E-state index in [1.807, 2.05) is 12.1 Å². The van der Waals surface area contributed by atoms with Gasteiger partial charge in [-0.05, 0) is 36.4 Å². The minimum atomic E-state index is 0.0270. The second-order valence-corrected chi connectivity index (χ2v) is 4.20. The van der Waals surface area contributed by atoms with Crippen molar-refractivity contribution in [2.75, 3.05) is 11.5 Å². The summed E-state index contributed by atoms with van der Waals surface area (Å²) in [7, 11) is 0. The highest BCUT2D eigenvalue weighted by atomic mass is 16.5. The first kappa shape index (κ1) is 14.0. The fourth-order valence-electron chi connectivity index (χ4n) is 1.78. The minimum Gasteiger partial charge on any atom is -0.465 e. The third kappa shape index (κ3) is 3.12. The van der Waals surface area contributed by atoms with Gasteiger partial charge < -0.3 is 16.2 Å². The fourth-order valence-corrected chi connectivity index (χ4v) is 1.78. The summed E-state index contributed by atoms with van der Waals surface area (Å²) in [4.78, 5) is 0. The van der Waals surface area contributed by atoms with Crippen LogP contribution in [0.1, 0.15) is 5.56 Å². The van der Waals surface area contributed by atoms with E-state index in [1.165, 1.54) is 6.26 Å². The third-order valence-electron chi connectivity index (χ3n) is 2.85. The molecule has 1 aromatic carbocycles. The highest BCUT2D eigenvalue weighted by molar-refractivity contribution is 5.76. The van der Waals surface area contributed by atoms with Crippen LogP contribution in [-0.2, 0) is 4.74 Å². The van der Waals surface area contributed by atoms with Crippen LogP contribution in [0.5, 0.6) is 0 Å². The number of nitrogen functional groups attached to an aromatic ring is 2. The molecule has 0 unspecified atom stereocenters. The molecule has 4 N–H and O–H groups in total. The molecule has 0 spiro atoms. The molecule has 102 valence electrons. The van der Waals surface area contributed by atoms with Gasteiger partial charge in [-0.25, -0.2) is 0 Å². The molecule has 0 amide bonds. The number of nitrogens with two attached hydrogens (primary N) is 2. The number of nitriles is 2. The van der Waals surface area contributed by atoms with Gasteiger partial charge in [-0.3, -0.25) is 0 Å². The quantitative estimate of drug-likeness (QED) is 0.637. The largest absolute Gasteiger partial charge is 0.465 e. The lowest BCUT2D eigenvalue weighted by Crippen LogP contribution is -1.96. The second kappa shape index (κ2) is 6.14. The van der Waals surface area contributed by atoms with E-state index >= 15 is 0 Å². The minimum absolute atomic E-state index is 0.0270. The van der Waals surface area contributed by atoms with Crippen molar-refractivity contribution in [3.63, 3.8) is 0 Å². The summed E-state index contributed by atoms with van der Waals surface area (Å²) >= 11 is 0. The van der Waals surface area contributed by atoms with Gasteiger partial charge in [0.1, 0.15) is 23.5 Å². The maximum absolute atomic E-state index is 8.86. The Bertz CT molecular complexity index is 734. The van der Waals surface area contributed by atoms with E-state index < -0.39 is 0 Å². The second-order valence-electron chi connectivity index (χ2n) is 4.20. The van der Waals surface area contributed by atoms with Crippen LogP contribution in [0, 0.1) is 22.7 Å². The van der Waals surface area contributed by atoms with Crippen LogP contribution in [0.3, 0.4) is 0 Å². The molecule has 0 aliphatic carbocycles. The highest BCUT2D eigenvalue weighted by Gasteiger charge is 2.07. The average Bonchev–Trinajstić information content (AvgIpc) is 2.48. The molecular formula is C16H12N4O. The fraction of sp³-hybridized carbons (Fsp3) is 0. The molecule has 21 heavy (non-hydrogen) atoms. The Kier molecular flexibility index (Phi) is 4.09. The van der Waals surface area contributed by atoms with Gasteiger partial charge in [0.05, 0.1) is 6.26 Å². The van der Waals surface area contributed by atoms with E-state index in [1.54, 1.807) is 42.5 Å². The molecule has 0 saturated heterocycles. The monoisotopic (exact) mass is 276 g/mol. The third-order valence-corrected chi connectivity index (χ3v) is 2.85. The van der Waals surface area contributed by atoms with Crippen LogP contribution < -0.4 is 11.5 Å². The van der Waals surface area contributed by atoms with Crippen molar-refractivity contribution >= 4 is 17.5 Å². The van der Waals surface area contributed by atoms with Gasteiger partial charge in [-0.1, -0.05) is 6.07 Å². The lowest BCUT2D eigenvalue weighted by Gasteiger charge is -2.09. The number of allylic oxidation sites excluding steroid dienone is 5. The number of anilines is 2. The Labute approximate surface area is 122 Å². The first-order valence-electron chi connectivity index (χ1n) is 6.07. The van der Waals surface area contributed by atoms with Crippen molar-refractivity contribution in [1.29, 1.82) is 10.5 Å². The van der Waals surface area contributed by atoms with Crippen molar-refractivity contribution in [3.05, 3.63) is 65.2 Å². The van der Waals surface area contributed by atoms with Crippen molar-refractivity contribution in [2.24, 2.45) is 0 Å². The standard InChI is InChI=1S/C16H12N4O/c17-9-12(10-18)11-6-7-21-13(8-11)4-5-14-15(19)2-1-3-16(14)20/h1-8H,19-20H2. The topological polar surface area (TPSA) is 109 Å². The Balaban J connectivity index is 2.33. The summed E-state index contributed by atoms with van der Waals surface area (Å²) in [6.45, 7) is 0. The normalized spacial score (nSPS) is 13.2. The molecule has 5 nitrogen and oxygen atoms in total. The van der Waals surface area contributed by atoms with Gasteiger partial charge in [-0.2, -0.15) is 10.5 Å². The summed E-state index contributed by atoms with van der Waals surface area (Å²) in [5.41, 5.74) is 14.1. The van der Waals surface area contributed by atoms with E-state index in [-0.39, 0.29) is 5.57 Å². The number of hydrogen-bond donors (Lipinski definition) is 2. The predicted molar refractivity (Wildman–Crippen MR) is 80.9 cm³/mol. The van der Waals surface area contributed by atoms with E-state index in [2.05, 4.69) is 0 Å². The maximum atomic E-state index is 8.86. The molecule has 0 bridgehead atoms. The first-order valence-corrected chi connectivity index (χ1v) is 6.07. The number of hydrogen-bond acceptors (Lipinski definition) is 5. The Hall–Kier alpha value is -3.44. The molecule has 0 atom stereocenters. The first-order chi connectivity index (χ1) is 10.2. The summed E-state index contributed by atoms with van der Waals surface area (Å²) in [6, 6.07) is 8.95. The molecule has 0 saturated carbocycles. The van der Waals surface area contributed by atoms with Crippen LogP contribution in [0.2, 0.25) is 0 Å². The zero-order valence-corrected chi connectivity index (χ0v) is 11.1. The van der Waals surface area contributed by atoms with Gasteiger partial charge >= 0.3 is 0 Å². The number of nitrogens with zero attached hydrogens (tertiary/aromatic N) is 2. The van der Waals surface area contributed by atoms with Crippen LogP contribution in [0.4, 0.5) is 11.4 Å². The van der Waals surface area contributed by atoms with E-state index in [9.17, 15) is 0 Å². The number of benzene rings is 1. The van der Waals surface area contributed by atoms with Crippen LogP contribution in [0.15, 0.2) is 59.6 Å². The molecular weight excluding hydrogens is 264 g/mol.